The van der Waals surface area contributed by atoms with Gasteiger partial charge in [-0.3, -0.25) is 0 Å². The molecule has 0 saturated carbocycles. The van der Waals surface area contributed by atoms with Crippen molar-refractivity contribution >= 4 is 11.9 Å². The maximum absolute atomic E-state index is 5.38. The van der Waals surface area contributed by atoms with Gasteiger partial charge in [-0.2, -0.15) is 10.2 Å². The Hall–Kier alpha value is -1.54. The number of nitrogens with one attached hydrogen (secondary N) is 4. The van der Waals surface area contributed by atoms with E-state index in [1.54, 1.807) is 0 Å². The van der Waals surface area contributed by atoms with Crippen LogP contribution in [-0.4, -0.2) is 20.4 Å². The summed E-state index contributed by atoms with van der Waals surface area (Å²) in [4.78, 5) is 5.67. The Balaban J connectivity index is 0.000000980. The Bertz CT molecular complexity index is 370. The largest absolute Gasteiger partial charge is 1.00 e. The molecule has 8 N–H and O–H groups in total. The van der Waals surface area contributed by atoms with E-state index in [2.05, 4.69) is 30.4 Å². The van der Waals surface area contributed by atoms with Gasteiger partial charge in [0.1, 0.15) is 6.42 Å². The van der Waals surface area contributed by atoms with Crippen molar-refractivity contribution in [1.82, 2.24) is 20.4 Å². The Morgan fingerprint density at radius 1 is 0.933 bits per heavy atom. The van der Waals surface area contributed by atoms with E-state index in [-0.39, 0.29) is 24.8 Å². The highest BCUT2D eigenvalue weighted by Crippen LogP contribution is 1.93. The summed E-state index contributed by atoms with van der Waals surface area (Å²) in [5, 5.41) is 12.9. The van der Waals surface area contributed by atoms with E-state index < -0.39 is 0 Å². The highest BCUT2D eigenvalue weighted by atomic mass is 35.5. The lowest BCUT2D eigenvalue weighted by atomic mass is 10.4. The van der Waals surface area contributed by atoms with Crippen molar-refractivity contribution < 1.29 is 34.8 Å². The molecule has 0 aliphatic heterocycles. The van der Waals surface area contributed by atoms with Crippen molar-refractivity contribution in [2.45, 2.75) is 6.42 Å². The monoisotopic (exact) mass is 252 g/mol. The zero-order valence-corrected chi connectivity index (χ0v) is 9.02. The first-order valence-electron chi connectivity index (χ1n) is 3.68. The summed E-state index contributed by atoms with van der Waals surface area (Å²) in [6, 6.07) is 0. The number of H-pyrrole nitrogens is 4. The van der Waals surface area contributed by atoms with Gasteiger partial charge in [0, 0.05) is 10.2 Å². The summed E-state index contributed by atoms with van der Waals surface area (Å²) in [6.07, 6.45) is 0.564. The molecular weight excluding hydrogens is 243 g/mol. The van der Waals surface area contributed by atoms with E-state index in [1.807, 2.05) is 0 Å². The SMILES string of the molecule is Nc1n[nH]c(Cc2[nH]nc(N)[nH+]2)[nH+]1.[Cl-].[Cl-]. The van der Waals surface area contributed by atoms with Crippen molar-refractivity contribution in [3.05, 3.63) is 11.6 Å². The molecule has 0 aromatic carbocycles. The number of hydrogen-bond donors (Lipinski definition) is 4. The normalized spacial score (nSPS) is 9.07. The Morgan fingerprint density at radius 2 is 1.33 bits per heavy atom. The molecule has 0 fully saturated rings. The molecule has 0 bridgehead atoms. The van der Waals surface area contributed by atoms with Crippen LogP contribution in [0.25, 0.3) is 0 Å². The number of rotatable bonds is 2. The van der Waals surface area contributed by atoms with Crippen molar-refractivity contribution in [3.8, 4) is 0 Å². The minimum absolute atomic E-state index is 0. The van der Waals surface area contributed by atoms with E-state index in [9.17, 15) is 0 Å². The van der Waals surface area contributed by atoms with Gasteiger partial charge in [-0.15, -0.1) is 0 Å². The molecule has 0 spiro atoms. The number of aromatic amines is 4. The van der Waals surface area contributed by atoms with Gasteiger partial charge in [-0.25, -0.2) is 9.97 Å². The lowest BCUT2D eigenvalue weighted by molar-refractivity contribution is -0.390. The van der Waals surface area contributed by atoms with Crippen LogP contribution in [0.15, 0.2) is 0 Å². The summed E-state index contributed by atoms with van der Waals surface area (Å²) in [7, 11) is 0. The predicted molar refractivity (Wildman–Crippen MR) is 41.9 cm³/mol. The van der Waals surface area contributed by atoms with Crippen LogP contribution in [0.3, 0.4) is 0 Å². The molecule has 8 nitrogen and oxygen atoms in total. The number of hydrogen-bond acceptors (Lipinski definition) is 4. The van der Waals surface area contributed by atoms with Crippen LogP contribution < -0.4 is 46.2 Å². The molecular formula is C5H10Cl2N8. The predicted octanol–water partition coefficient (Wildman–Crippen LogP) is -8.48. The van der Waals surface area contributed by atoms with Gasteiger partial charge >= 0.3 is 11.9 Å². The molecule has 2 aromatic rings. The third-order valence-electron chi connectivity index (χ3n) is 1.53. The van der Waals surface area contributed by atoms with Gasteiger partial charge in [0.2, 0.25) is 11.6 Å². The van der Waals surface area contributed by atoms with E-state index in [0.717, 1.165) is 11.6 Å². The van der Waals surface area contributed by atoms with Crippen LogP contribution in [0.4, 0.5) is 11.9 Å². The summed E-state index contributed by atoms with van der Waals surface area (Å²) in [5.74, 6) is 2.25. The highest BCUT2D eigenvalue weighted by Gasteiger charge is 2.11. The van der Waals surface area contributed by atoms with Crippen molar-refractivity contribution in [1.29, 1.82) is 0 Å². The quantitative estimate of drug-likeness (QED) is 0.422. The van der Waals surface area contributed by atoms with Gasteiger partial charge in [-0.1, -0.05) is 0 Å². The minimum atomic E-state index is 0. The fraction of sp³-hybridized carbons (Fsp3) is 0.200. The minimum Gasteiger partial charge on any atom is -1.00 e. The van der Waals surface area contributed by atoms with Crippen LogP contribution in [0, 0.1) is 0 Å². The first-order chi connectivity index (χ1) is 6.24. The first kappa shape index (κ1) is 13.5. The fourth-order valence-electron chi connectivity index (χ4n) is 1.02. The molecule has 2 aromatic heterocycles. The van der Waals surface area contributed by atoms with Crippen LogP contribution >= 0.6 is 0 Å². The number of aromatic nitrogens is 6. The molecule has 0 radical (unpaired) electrons. The Kier molecular flexibility index (Phi) is 4.82. The second-order valence-corrected chi connectivity index (χ2v) is 2.60. The second kappa shape index (κ2) is 5.37. The average Bonchev–Trinajstić information content (AvgIpc) is 2.62. The molecule has 2 rings (SSSR count). The van der Waals surface area contributed by atoms with E-state index in [0.29, 0.717) is 18.3 Å². The van der Waals surface area contributed by atoms with E-state index in [1.165, 1.54) is 0 Å². The second-order valence-electron chi connectivity index (χ2n) is 2.60. The molecule has 0 aliphatic rings. The molecule has 0 saturated heterocycles. The number of nitrogens with two attached hydrogens (primary N) is 2. The lowest BCUT2D eigenvalue weighted by Gasteiger charge is -1.82. The number of anilines is 2. The van der Waals surface area contributed by atoms with Crippen LogP contribution in [-0.2, 0) is 6.42 Å². The van der Waals surface area contributed by atoms with E-state index in [4.69, 9.17) is 11.5 Å². The summed E-state index contributed by atoms with van der Waals surface area (Å²) < 4.78 is 0. The first-order valence-corrected chi connectivity index (χ1v) is 3.68. The molecule has 2 heterocycles. The summed E-state index contributed by atoms with van der Waals surface area (Å²) >= 11 is 0. The zero-order valence-electron chi connectivity index (χ0n) is 7.51. The maximum atomic E-state index is 5.38. The Morgan fingerprint density at radius 3 is 1.60 bits per heavy atom. The number of halogens is 2. The van der Waals surface area contributed by atoms with Gasteiger partial charge < -0.3 is 36.3 Å². The van der Waals surface area contributed by atoms with Gasteiger partial charge in [0.15, 0.2) is 0 Å². The van der Waals surface area contributed by atoms with E-state index >= 15 is 0 Å². The van der Waals surface area contributed by atoms with Crippen molar-refractivity contribution in [2.75, 3.05) is 11.5 Å². The number of nitrogen functional groups attached to an aromatic ring is 2. The van der Waals surface area contributed by atoms with Gasteiger partial charge in [-0.05, 0) is 0 Å². The van der Waals surface area contributed by atoms with Gasteiger partial charge in [0.05, 0.1) is 0 Å². The molecule has 0 atom stereocenters. The molecule has 10 heteroatoms. The van der Waals surface area contributed by atoms with Crippen LogP contribution in [0.1, 0.15) is 11.6 Å². The smallest absolute Gasteiger partial charge is 0.372 e. The molecule has 0 aliphatic carbocycles. The van der Waals surface area contributed by atoms with Crippen LogP contribution in [0.5, 0.6) is 0 Å². The summed E-state index contributed by atoms with van der Waals surface area (Å²) in [6.45, 7) is 0. The van der Waals surface area contributed by atoms with Crippen molar-refractivity contribution in [3.63, 3.8) is 0 Å². The van der Waals surface area contributed by atoms with Gasteiger partial charge in [0.25, 0.3) is 0 Å². The Labute approximate surface area is 97.1 Å². The third kappa shape index (κ3) is 3.26. The highest BCUT2D eigenvalue weighted by molar-refractivity contribution is 5.04. The average molecular weight is 253 g/mol. The van der Waals surface area contributed by atoms with Crippen molar-refractivity contribution in [2.24, 2.45) is 0 Å². The summed E-state index contributed by atoms with van der Waals surface area (Å²) in [5.41, 5.74) is 10.8. The number of nitrogens with zero attached hydrogens (tertiary/aromatic N) is 2. The lowest BCUT2D eigenvalue weighted by Crippen LogP contribution is -3.00. The maximum Gasteiger partial charge on any atom is 0.372 e. The fourth-order valence-corrected chi connectivity index (χ4v) is 1.02. The molecule has 84 valence electrons. The third-order valence-corrected chi connectivity index (χ3v) is 1.53. The molecule has 0 amide bonds. The molecule has 0 unspecified atom stereocenters. The molecule has 15 heavy (non-hydrogen) atoms. The van der Waals surface area contributed by atoms with Crippen LogP contribution in [0.2, 0.25) is 0 Å². The zero-order chi connectivity index (χ0) is 9.26. The topological polar surface area (TPSA) is 138 Å². The standard InChI is InChI=1S/C5H8N8.2ClH/c6-4-8-2(10-12-4)1-3-9-5(7)13-11-3;;/h1H2,(H3,6,8,10,12)(H3,7,9,11,13);2*1H.